The molecule has 1 aromatic rings. The molecule has 6 heteroatoms. The van der Waals surface area contributed by atoms with Gasteiger partial charge < -0.3 is 4.18 Å². The number of rotatable bonds is 3. The van der Waals surface area contributed by atoms with Crippen molar-refractivity contribution >= 4 is 16.1 Å². The molecule has 1 aliphatic heterocycles. The lowest BCUT2D eigenvalue weighted by Crippen LogP contribution is -2.42. The molecule has 158 valence electrons. The summed E-state index contributed by atoms with van der Waals surface area (Å²) in [5.74, 6) is 2.49. The number of ketones is 1. The quantitative estimate of drug-likeness (QED) is 0.739. The molecule has 0 radical (unpaired) electrons. The summed E-state index contributed by atoms with van der Waals surface area (Å²) in [6, 6.07) is 5.86. The van der Waals surface area contributed by atoms with E-state index in [0.717, 1.165) is 57.8 Å². The Morgan fingerprint density at radius 1 is 1.07 bits per heavy atom. The third-order valence-corrected chi connectivity index (χ3v) is 9.64. The smallest absolute Gasteiger partial charge is 0.371 e. The van der Waals surface area contributed by atoms with Gasteiger partial charge in [-0.2, -0.15) is 12.7 Å². The van der Waals surface area contributed by atoms with Gasteiger partial charge in [-0.25, -0.2) is 0 Å². The highest BCUT2D eigenvalue weighted by Gasteiger charge is 2.54. The lowest BCUT2D eigenvalue weighted by molar-refractivity contribution is -0.129. The maximum atomic E-state index is 12.6. The molecule has 2 saturated carbocycles. The molecule has 0 unspecified atom stereocenters. The van der Waals surface area contributed by atoms with Crippen LogP contribution in [0, 0.1) is 17.3 Å². The molecular weight excluding hydrogens is 386 g/mol. The van der Waals surface area contributed by atoms with E-state index in [1.54, 1.807) is 0 Å². The first-order chi connectivity index (χ1) is 13.9. The molecule has 3 fully saturated rings. The van der Waals surface area contributed by atoms with Gasteiger partial charge in [-0.1, -0.05) is 19.4 Å². The average molecular weight is 418 g/mol. The summed E-state index contributed by atoms with van der Waals surface area (Å²) in [5, 5.41) is 0. The van der Waals surface area contributed by atoms with Gasteiger partial charge in [0.25, 0.3) is 0 Å². The minimum Gasteiger partial charge on any atom is -0.371 e. The first kappa shape index (κ1) is 19.6. The number of carbonyl (C=O) groups is 1. The lowest BCUT2D eigenvalue weighted by Gasteiger charge is -2.48. The molecule has 4 atom stereocenters. The standard InChI is InChI=1S/C23H31NO4S/c1-23-12-11-19-18-8-6-17(28-29(26,27)24-13-3-2-4-14-24)15-16(18)5-7-20(19)21(23)9-10-22(23)25/h6,8,15,19-21H,2-5,7,9-14H2,1H3/t19-,20-,21+,23+/m1/s1. The second-order valence-electron chi connectivity index (χ2n) is 9.69. The van der Waals surface area contributed by atoms with Crippen LogP contribution in [0.3, 0.4) is 0 Å². The summed E-state index contributed by atoms with van der Waals surface area (Å²) in [6.45, 7) is 3.30. The molecule has 0 bridgehead atoms. The Bertz CT molecular complexity index is 921. The number of nitrogens with zero attached hydrogens (tertiary/aromatic N) is 1. The van der Waals surface area contributed by atoms with Crippen LogP contribution in [0.15, 0.2) is 18.2 Å². The van der Waals surface area contributed by atoms with Gasteiger partial charge in [0, 0.05) is 24.9 Å². The second kappa shape index (κ2) is 7.09. The Hall–Kier alpha value is -1.40. The first-order valence-electron chi connectivity index (χ1n) is 11.2. The predicted octanol–water partition coefficient (Wildman–Crippen LogP) is 4.22. The van der Waals surface area contributed by atoms with Gasteiger partial charge in [-0.15, -0.1) is 0 Å². The van der Waals surface area contributed by atoms with Crippen LogP contribution in [0.5, 0.6) is 5.75 Å². The van der Waals surface area contributed by atoms with Crippen molar-refractivity contribution in [1.82, 2.24) is 4.31 Å². The van der Waals surface area contributed by atoms with E-state index in [-0.39, 0.29) is 5.41 Å². The number of Topliss-reactive ketones (excluding diaryl/α,β-unsaturated/α-hetero) is 1. The SMILES string of the molecule is C[C@]12CC[C@@H]3c4ccc(OS(=O)(=O)N5CCCCC5)cc4CC[C@H]3[C@@H]1CCC2=O. The number of hydrogen-bond donors (Lipinski definition) is 0. The summed E-state index contributed by atoms with van der Waals surface area (Å²) in [6.07, 6.45) is 8.75. The average Bonchev–Trinajstić information content (AvgIpc) is 3.03. The summed E-state index contributed by atoms with van der Waals surface area (Å²) in [4.78, 5) is 12.5. The minimum absolute atomic E-state index is 0.107. The van der Waals surface area contributed by atoms with Crippen LogP contribution >= 0.6 is 0 Å². The molecule has 0 amide bonds. The monoisotopic (exact) mass is 417 g/mol. The molecule has 3 aliphatic carbocycles. The van der Waals surface area contributed by atoms with Gasteiger partial charge in [0.05, 0.1) is 0 Å². The number of piperidine rings is 1. The Labute approximate surface area is 174 Å². The van der Waals surface area contributed by atoms with Crippen LogP contribution in [0.1, 0.15) is 75.3 Å². The third-order valence-electron chi connectivity index (χ3n) is 8.24. The largest absolute Gasteiger partial charge is 0.385 e. The summed E-state index contributed by atoms with van der Waals surface area (Å²) >= 11 is 0. The van der Waals surface area contributed by atoms with Crippen LogP contribution in [0.4, 0.5) is 0 Å². The van der Waals surface area contributed by atoms with Crippen LogP contribution in [0.25, 0.3) is 0 Å². The zero-order chi connectivity index (χ0) is 20.2. The highest BCUT2D eigenvalue weighted by molar-refractivity contribution is 7.84. The third kappa shape index (κ3) is 3.23. The van der Waals surface area contributed by atoms with Crippen molar-refractivity contribution in [3.63, 3.8) is 0 Å². The lowest BCUT2D eigenvalue weighted by atomic mass is 9.55. The van der Waals surface area contributed by atoms with E-state index in [4.69, 9.17) is 4.18 Å². The van der Waals surface area contributed by atoms with Crippen molar-refractivity contribution in [2.75, 3.05) is 13.1 Å². The van der Waals surface area contributed by atoms with E-state index in [2.05, 4.69) is 13.0 Å². The summed E-state index contributed by atoms with van der Waals surface area (Å²) in [5.41, 5.74) is 2.47. The minimum atomic E-state index is -3.72. The van der Waals surface area contributed by atoms with Crippen molar-refractivity contribution in [3.8, 4) is 5.75 Å². The Kier molecular flexibility index (Phi) is 4.78. The van der Waals surface area contributed by atoms with Crippen LogP contribution in [-0.4, -0.2) is 31.6 Å². The fraction of sp³-hybridized carbons (Fsp3) is 0.696. The van der Waals surface area contributed by atoms with Crippen molar-refractivity contribution in [3.05, 3.63) is 29.3 Å². The highest BCUT2D eigenvalue weighted by Crippen LogP contribution is 2.59. The molecule has 0 N–H and O–H groups in total. The van der Waals surface area contributed by atoms with E-state index >= 15 is 0 Å². The molecule has 4 aliphatic rings. The Morgan fingerprint density at radius 3 is 2.66 bits per heavy atom. The van der Waals surface area contributed by atoms with Gasteiger partial charge in [0.1, 0.15) is 11.5 Å². The fourth-order valence-electron chi connectivity index (χ4n) is 6.64. The normalized spacial score (nSPS) is 34.9. The van der Waals surface area contributed by atoms with E-state index in [1.165, 1.54) is 15.4 Å². The van der Waals surface area contributed by atoms with E-state index in [0.29, 0.717) is 42.4 Å². The number of aryl methyl sites for hydroxylation is 1. The van der Waals surface area contributed by atoms with E-state index in [1.807, 2.05) is 12.1 Å². The van der Waals surface area contributed by atoms with Gasteiger partial charge in [-0.3, -0.25) is 4.79 Å². The van der Waals surface area contributed by atoms with Crippen molar-refractivity contribution < 1.29 is 17.4 Å². The van der Waals surface area contributed by atoms with Crippen LogP contribution < -0.4 is 4.18 Å². The zero-order valence-electron chi connectivity index (χ0n) is 17.2. The molecule has 1 saturated heterocycles. The molecule has 1 aromatic carbocycles. The molecular formula is C23H31NO4S. The first-order valence-corrected chi connectivity index (χ1v) is 12.6. The van der Waals surface area contributed by atoms with E-state index < -0.39 is 10.3 Å². The van der Waals surface area contributed by atoms with Crippen molar-refractivity contribution in [1.29, 1.82) is 0 Å². The highest BCUT2D eigenvalue weighted by atomic mass is 32.2. The van der Waals surface area contributed by atoms with E-state index in [9.17, 15) is 13.2 Å². The molecule has 5 rings (SSSR count). The fourth-order valence-corrected chi connectivity index (χ4v) is 7.80. The zero-order valence-corrected chi connectivity index (χ0v) is 18.0. The predicted molar refractivity (Wildman–Crippen MR) is 111 cm³/mol. The molecule has 0 spiro atoms. The van der Waals surface area contributed by atoms with Gasteiger partial charge in [-0.05, 0) is 86.0 Å². The molecule has 5 nitrogen and oxygen atoms in total. The van der Waals surface area contributed by atoms with Gasteiger partial charge >= 0.3 is 10.3 Å². The number of benzene rings is 1. The van der Waals surface area contributed by atoms with Crippen LogP contribution in [-0.2, 0) is 21.5 Å². The summed E-state index contributed by atoms with van der Waals surface area (Å²) < 4.78 is 32.2. The summed E-state index contributed by atoms with van der Waals surface area (Å²) in [7, 11) is -3.72. The molecule has 29 heavy (non-hydrogen) atoms. The molecule has 0 aromatic heterocycles. The number of hydrogen-bond acceptors (Lipinski definition) is 4. The van der Waals surface area contributed by atoms with Gasteiger partial charge in [0.15, 0.2) is 0 Å². The maximum absolute atomic E-state index is 12.6. The topological polar surface area (TPSA) is 63.7 Å². The van der Waals surface area contributed by atoms with Gasteiger partial charge in [0.2, 0.25) is 0 Å². The second-order valence-corrected chi connectivity index (χ2v) is 11.2. The Balaban J connectivity index is 1.37. The van der Waals surface area contributed by atoms with Crippen molar-refractivity contribution in [2.24, 2.45) is 17.3 Å². The molecule has 1 heterocycles. The number of carbonyl (C=O) groups excluding carboxylic acids is 1. The van der Waals surface area contributed by atoms with Crippen LogP contribution in [0.2, 0.25) is 0 Å². The number of fused-ring (bicyclic) bond motifs is 5. The van der Waals surface area contributed by atoms with Crippen molar-refractivity contribution in [2.45, 2.75) is 70.6 Å². The Morgan fingerprint density at radius 2 is 1.86 bits per heavy atom. The maximum Gasteiger partial charge on any atom is 0.385 e.